The van der Waals surface area contributed by atoms with E-state index in [9.17, 15) is 22.8 Å². The summed E-state index contributed by atoms with van der Waals surface area (Å²) in [5.74, 6) is -0.948. The van der Waals surface area contributed by atoms with Crippen LogP contribution in [0.15, 0.2) is 60.7 Å². The van der Waals surface area contributed by atoms with Crippen LogP contribution in [0.5, 0.6) is 5.75 Å². The van der Waals surface area contributed by atoms with Gasteiger partial charge in [0.15, 0.2) is 11.5 Å². The number of esters is 1. The van der Waals surface area contributed by atoms with Crippen LogP contribution in [0.4, 0.5) is 13.2 Å². The number of carbonyl (C=O) groups excluding carboxylic acids is 2. The summed E-state index contributed by atoms with van der Waals surface area (Å²) in [4.78, 5) is 33.3. The smallest absolute Gasteiger partial charge is 0.434 e. The molecule has 6 rings (SSSR count). The Bertz CT molecular complexity index is 1960. The number of aromatic nitrogens is 3. The normalized spacial score (nSPS) is 16.0. The van der Waals surface area contributed by atoms with Crippen LogP contribution in [0.2, 0.25) is 0 Å². The number of halogens is 3. The minimum atomic E-state index is -4.88. The van der Waals surface area contributed by atoms with Crippen molar-refractivity contribution in [2.75, 3.05) is 19.7 Å². The second kappa shape index (κ2) is 14.4. The average molecular weight is 725 g/mol. The van der Waals surface area contributed by atoms with Gasteiger partial charge < -0.3 is 23.8 Å². The van der Waals surface area contributed by atoms with Crippen molar-refractivity contribution in [2.45, 2.75) is 78.4 Å². The highest BCUT2D eigenvalue weighted by atomic mass is 32.1. The lowest BCUT2D eigenvalue weighted by Gasteiger charge is -2.33. The van der Waals surface area contributed by atoms with Gasteiger partial charge in [0, 0.05) is 37.4 Å². The van der Waals surface area contributed by atoms with E-state index < -0.39 is 29.2 Å². The van der Waals surface area contributed by atoms with E-state index in [0.29, 0.717) is 35.1 Å². The molecule has 4 aromatic rings. The van der Waals surface area contributed by atoms with Crippen molar-refractivity contribution >= 4 is 23.2 Å². The van der Waals surface area contributed by atoms with E-state index in [-0.39, 0.29) is 30.7 Å². The van der Waals surface area contributed by atoms with E-state index in [0.717, 1.165) is 40.8 Å². The van der Waals surface area contributed by atoms with Crippen molar-refractivity contribution in [3.05, 3.63) is 93.5 Å². The van der Waals surface area contributed by atoms with E-state index in [1.54, 1.807) is 26.0 Å². The van der Waals surface area contributed by atoms with Gasteiger partial charge in [0.2, 0.25) is 11.5 Å². The average Bonchev–Trinajstić information content (AvgIpc) is 3.83. The summed E-state index contributed by atoms with van der Waals surface area (Å²) in [6.07, 6.45) is -0.170. The first-order chi connectivity index (χ1) is 24.3. The molecular formula is C37H39F3N4O6S. The Morgan fingerprint density at radius 2 is 1.84 bits per heavy atom. The maximum Gasteiger partial charge on any atom is 0.434 e. The molecular weight excluding hydrogens is 685 g/mol. The highest BCUT2D eigenvalue weighted by molar-refractivity contribution is 7.15. The van der Waals surface area contributed by atoms with E-state index in [2.05, 4.69) is 29.1 Å². The molecule has 1 aromatic carbocycles. The summed E-state index contributed by atoms with van der Waals surface area (Å²) in [6.45, 7) is 10.5. The lowest BCUT2D eigenvalue weighted by atomic mass is 9.85. The Balaban J connectivity index is 1.16. The SMILES string of the molecule is CCOC(=O)c1cnn(-c2cccc(-c3sc(C)cc3COc3ccc(C4CCN(C(=O)C5=COC(C)(C)O5)CC4)c(CC)c3)n2)c1C(F)(F)F. The van der Waals surface area contributed by atoms with Gasteiger partial charge in [0.25, 0.3) is 5.91 Å². The van der Waals surface area contributed by atoms with Crippen LogP contribution < -0.4 is 4.74 Å². The summed E-state index contributed by atoms with van der Waals surface area (Å²) >= 11 is 1.46. The van der Waals surface area contributed by atoms with Gasteiger partial charge in [-0.3, -0.25) is 4.79 Å². The number of benzene rings is 1. The standard InChI is InChI=1S/C37H39F3N4O6S/c1-6-23-18-26(11-12-27(23)24-13-15-43(16-14-24)34(45)30-21-49-36(4,5)50-30)48-20-25-17-22(3)51-32(25)29-9-8-10-31(42-29)44-33(37(38,39)40)28(19-41-44)35(46)47-7-2/h8-12,17-19,21,24H,6-7,13-16,20H2,1-5H3. The molecule has 0 spiro atoms. The first-order valence-electron chi connectivity index (χ1n) is 16.8. The van der Waals surface area contributed by atoms with Gasteiger partial charge in [-0.25, -0.2) is 14.5 Å². The second-order valence-electron chi connectivity index (χ2n) is 12.8. The molecule has 0 saturated carbocycles. The molecule has 0 radical (unpaired) electrons. The third kappa shape index (κ3) is 7.75. The van der Waals surface area contributed by atoms with Crippen LogP contribution in [-0.4, -0.2) is 57.0 Å². The van der Waals surface area contributed by atoms with Crippen LogP contribution in [0.3, 0.4) is 0 Å². The summed E-state index contributed by atoms with van der Waals surface area (Å²) in [7, 11) is 0. The molecule has 2 aliphatic rings. The predicted molar refractivity (Wildman–Crippen MR) is 183 cm³/mol. The fraction of sp³-hybridized carbons (Fsp3) is 0.405. The minimum absolute atomic E-state index is 0.0743. The molecule has 0 aliphatic carbocycles. The molecule has 0 unspecified atom stereocenters. The first-order valence-corrected chi connectivity index (χ1v) is 17.6. The molecule has 5 heterocycles. The monoisotopic (exact) mass is 724 g/mol. The van der Waals surface area contributed by atoms with Gasteiger partial charge in [0.1, 0.15) is 24.2 Å². The van der Waals surface area contributed by atoms with E-state index in [4.69, 9.17) is 18.9 Å². The second-order valence-corrected chi connectivity index (χ2v) is 14.1. The Hall–Kier alpha value is -4.85. The molecule has 3 aromatic heterocycles. The van der Waals surface area contributed by atoms with Crippen molar-refractivity contribution in [1.29, 1.82) is 0 Å². The van der Waals surface area contributed by atoms with Crippen LogP contribution in [-0.2, 0) is 38.2 Å². The van der Waals surface area contributed by atoms with Crippen molar-refractivity contribution in [3.63, 3.8) is 0 Å². The molecule has 10 nitrogen and oxygen atoms in total. The molecule has 0 bridgehead atoms. The number of alkyl halides is 3. The first kappa shape index (κ1) is 36.0. The van der Waals surface area contributed by atoms with Crippen molar-refractivity contribution in [1.82, 2.24) is 19.7 Å². The Morgan fingerprint density at radius 1 is 1.08 bits per heavy atom. The summed E-state index contributed by atoms with van der Waals surface area (Å²) in [6, 6.07) is 12.8. The number of thiophene rings is 1. The highest BCUT2D eigenvalue weighted by Gasteiger charge is 2.41. The largest absolute Gasteiger partial charge is 0.489 e. The van der Waals surface area contributed by atoms with Crippen molar-refractivity contribution in [2.24, 2.45) is 0 Å². The third-order valence-corrected chi connectivity index (χ3v) is 9.89. The molecule has 51 heavy (non-hydrogen) atoms. The minimum Gasteiger partial charge on any atom is -0.489 e. The number of hydrogen-bond donors (Lipinski definition) is 0. The van der Waals surface area contributed by atoms with Gasteiger partial charge in [-0.2, -0.15) is 18.3 Å². The fourth-order valence-corrected chi connectivity index (χ4v) is 7.39. The summed E-state index contributed by atoms with van der Waals surface area (Å²) in [5.41, 5.74) is 1.78. The number of carbonyl (C=O) groups is 2. The Kier molecular flexibility index (Phi) is 10.2. The van der Waals surface area contributed by atoms with Gasteiger partial charge in [-0.05, 0) is 80.5 Å². The number of hydrogen-bond acceptors (Lipinski definition) is 9. The quantitative estimate of drug-likeness (QED) is 0.152. The number of pyridine rings is 1. The zero-order chi connectivity index (χ0) is 36.5. The number of likely N-dealkylation sites (tertiary alicyclic amines) is 1. The molecule has 270 valence electrons. The Morgan fingerprint density at radius 3 is 2.51 bits per heavy atom. The number of ether oxygens (including phenoxy) is 4. The lowest BCUT2D eigenvalue weighted by Crippen LogP contribution is -2.39. The molecule has 2 aliphatic heterocycles. The topological polar surface area (TPSA) is 105 Å². The van der Waals surface area contributed by atoms with Gasteiger partial charge in [-0.15, -0.1) is 11.3 Å². The number of rotatable bonds is 10. The van der Waals surface area contributed by atoms with Crippen molar-refractivity contribution in [3.8, 4) is 22.1 Å². The lowest BCUT2D eigenvalue weighted by molar-refractivity contribution is -0.144. The van der Waals surface area contributed by atoms with Crippen LogP contribution in [0.25, 0.3) is 16.4 Å². The Labute approximate surface area is 297 Å². The number of amides is 1. The molecule has 1 fully saturated rings. The number of piperidine rings is 1. The van der Waals surface area contributed by atoms with Crippen molar-refractivity contribution < 1.29 is 41.7 Å². The highest BCUT2D eigenvalue weighted by Crippen LogP contribution is 2.37. The summed E-state index contributed by atoms with van der Waals surface area (Å²) in [5, 5.41) is 3.87. The van der Waals surface area contributed by atoms with Gasteiger partial charge >= 0.3 is 12.1 Å². The van der Waals surface area contributed by atoms with Crippen LogP contribution >= 0.6 is 11.3 Å². The molecule has 0 atom stereocenters. The fourth-order valence-electron chi connectivity index (χ4n) is 6.40. The van der Waals surface area contributed by atoms with Gasteiger partial charge in [0.05, 0.1) is 23.4 Å². The zero-order valence-corrected chi connectivity index (χ0v) is 29.8. The molecule has 1 saturated heterocycles. The summed E-state index contributed by atoms with van der Waals surface area (Å²) < 4.78 is 65.3. The van der Waals surface area contributed by atoms with Crippen LogP contribution in [0.1, 0.15) is 84.1 Å². The predicted octanol–water partition coefficient (Wildman–Crippen LogP) is 7.97. The maximum atomic E-state index is 14.1. The molecule has 1 amide bonds. The van der Waals surface area contributed by atoms with E-state index in [1.165, 1.54) is 41.7 Å². The zero-order valence-electron chi connectivity index (χ0n) is 29.0. The number of nitrogens with zero attached hydrogens (tertiary/aromatic N) is 4. The third-order valence-electron chi connectivity index (χ3n) is 8.78. The van der Waals surface area contributed by atoms with E-state index >= 15 is 0 Å². The maximum absolute atomic E-state index is 14.1. The van der Waals surface area contributed by atoms with Gasteiger partial charge in [-0.1, -0.05) is 19.1 Å². The number of aryl methyl sites for hydroxylation is 2. The molecule has 0 N–H and O–H groups in total. The molecule has 14 heteroatoms. The van der Waals surface area contributed by atoms with Crippen LogP contribution in [0, 0.1) is 6.92 Å². The van der Waals surface area contributed by atoms with E-state index in [1.807, 2.05) is 24.0 Å².